The molecule has 0 spiro atoms. The van der Waals surface area contributed by atoms with E-state index in [9.17, 15) is 37.2 Å². The van der Waals surface area contributed by atoms with Crippen LogP contribution >= 0.6 is 11.6 Å². The van der Waals surface area contributed by atoms with Crippen LogP contribution in [0.25, 0.3) is 0 Å². The number of halogens is 6. The van der Waals surface area contributed by atoms with Crippen molar-refractivity contribution in [3.05, 3.63) is 56.4 Å². The number of allylic oxidation sites excluding steroid dienone is 2. The molecule has 5 nitrogen and oxygen atoms in total. The average molecular weight is 399 g/mol. The molecule has 1 aromatic rings. The summed E-state index contributed by atoms with van der Waals surface area (Å²) < 4.78 is 68.5. The maximum absolute atomic E-state index is 13.8. The molecule has 1 aromatic heterocycles. The molecule has 11 heteroatoms. The number of nitrogens with zero attached hydrogens (tertiary/aromatic N) is 2. The van der Waals surface area contributed by atoms with Gasteiger partial charge in [-0.25, -0.2) is 8.78 Å². The summed E-state index contributed by atoms with van der Waals surface area (Å²) in [5, 5.41) is 21.7. The van der Waals surface area contributed by atoms with E-state index in [2.05, 4.69) is 0 Å². The molecule has 0 fully saturated rings. The van der Waals surface area contributed by atoms with Gasteiger partial charge in [0.25, 0.3) is 5.92 Å². The number of nitro groups is 1. The fourth-order valence-electron chi connectivity index (χ4n) is 3.33. The molecule has 26 heavy (non-hydrogen) atoms. The van der Waals surface area contributed by atoms with E-state index in [1.54, 1.807) is 0 Å². The van der Waals surface area contributed by atoms with Crippen molar-refractivity contribution in [2.75, 3.05) is 0 Å². The quantitative estimate of drug-likeness (QED) is 0.462. The molecule has 0 aliphatic heterocycles. The Hall–Kier alpha value is -1.94. The first-order chi connectivity index (χ1) is 11.9. The van der Waals surface area contributed by atoms with Gasteiger partial charge in [0.1, 0.15) is 6.10 Å². The van der Waals surface area contributed by atoms with Crippen LogP contribution in [0, 0.1) is 10.1 Å². The smallest absolute Gasteiger partial charge is 0.382 e. The number of aliphatic hydroxyl groups is 1. The second-order valence-corrected chi connectivity index (χ2v) is 6.63. The largest absolute Gasteiger partial charge is 0.418 e. The van der Waals surface area contributed by atoms with Gasteiger partial charge in [0.2, 0.25) is 0 Å². The SMILES string of the molecule is O=[N+]([O-])C1(n2cc(C(F)(F)F)c3c2CCC(F)(F)C3O)C=CC(Cl)=CC1. The van der Waals surface area contributed by atoms with E-state index >= 15 is 0 Å². The van der Waals surface area contributed by atoms with Gasteiger partial charge in [-0.1, -0.05) is 17.7 Å². The maximum atomic E-state index is 13.8. The number of aliphatic hydroxyl groups excluding tert-OH is 1. The van der Waals surface area contributed by atoms with Crippen LogP contribution in [0.5, 0.6) is 0 Å². The zero-order valence-electron chi connectivity index (χ0n) is 12.9. The van der Waals surface area contributed by atoms with E-state index < -0.39 is 52.8 Å². The lowest BCUT2D eigenvalue weighted by Gasteiger charge is -2.32. The number of rotatable bonds is 2. The molecule has 1 heterocycles. The highest BCUT2D eigenvalue weighted by molar-refractivity contribution is 6.31. The Morgan fingerprint density at radius 2 is 2.04 bits per heavy atom. The first kappa shape index (κ1) is 18.8. The summed E-state index contributed by atoms with van der Waals surface area (Å²) in [6, 6.07) is 0. The van der Waals surface area contributed by atoms with Crippen LogP contribution in [0.3, 0.4) is 0 Å². The third-order valence-electron chi connectivity index (χ3n) is 4.66. The van der Waals surface area contributed by atoms with E-state index in [0.29, 0.717) is 6.20 Å². The first-order valence-electron chi connectivity index (χ1n) is 7.47. The fourth-order valence-corrected chi connectivity index (χ4v) is 3.47. The number of fused-ring (bicyclic) bond motifs is 1. The van der Waals surface area contributed by atoms with Crippen LogP contribution in [0.1, 0.15) is 35.8 Å². The Bertz CT molecular complexity index is 830. The van der Waals surface area contributed by atoms with Crippen LogP contribution in [0.4, 0.5) is 22.0 Å². The predicted molar refractivity (Wildman–Crippen MR) is 80.3 cm³/mol. The van der Waals surface area contributed by atoms with Gasteiger partial charge in [0.05, 0.1) is 16.9 Å². The molecule has 0 bridgehead atoms. The Morgan fingerprint density at radius 3 is 2.54 bits per heavy atom. The van der Waals surface area contributed by atoms with Gasteiger partial charge in [-0.05, 0) is 12.5 Å². The van der Waals surface area contributed by atoms with Crippen molar-refractivity contribution in [3.8, 4) is 0 Å². The average Bonchev–Trinajstić information content (AvgIpc) is 2.92. The van der Waals surface area contributed by atoms with Crippen molar-refractivity contribution < 1.29 is 32.0 Å². The lowest BCUT2D eigenvalue weighted by molar-refractivity contribution is -0.585. The number of hydrogen-bond acceptors (Lipinski definition) is 3. The second kappa shape index (κ2) is 5.78. The highest BCUT2D eigenvalue weighted by Gasteiger charge is 2.54. The zero-order valence-corrected chi connectivity index (χ0v) is 13.7. The zero-order chi connectivity index (χ0) is 19.5. The molecule has 0 aromatic carbocycles. The van der Waals surface area contributed by atoms with Crippen molar-refractivity contribution in [1.82, 2.24) is 4.57 Å². The molecule has 0 radical (unpaired) electrons. The van der Waals surface area contributed by atoms with Crippen molar-refractivity contribution >= 4 is 11.6 Å². The van der Waals surface area contributed by atoms with Crippen LogP contribution in [-0.2, 0) is 18.3 Å². The molecule has 3 rings (SSSR count). The monoisotopic (exact) mass is 398 g/mol. The third-order valence-corrected chi connectivity index (χ3v) is 4.94. The molecule has 0 saturated carbocycles. The van der Waals surface area contributed by atoms with E-state index in [-0.39, 0.29) is 17.1 Å². The minimum absolute atomic E-state index is 0.172. The molecule has 2 aliphatic rings. The number of aromatic nitrogens is 1. The standard InChI is InChI=1S/C15H12ClF5N2O3/c16-8-1-4-13(5-2-8,23(25)26)22-7-9(15(19,20)21)11-10(22)3-6-14(17,18)12(11)24/h1-2,4,7,12,24H,3,5-6H2. The third kappa shape index (κ3) is 2.71. The second-order valence-electron chi connectivity index (χ2n) is 6.20. The van der Waals surface area contributed by atoms with Crippen LogP contribution in [-0.4, -0.2) is 20.5 Å². The highest BCUT2D eigenvalue weighted by atomic mass is 35.5. The van der Waals surface area contributed by atoms with Gasteiger partial charge in [0.15, 0.2) is 0 Å². The molecule has 1 N–H and O–H groups in total. The Kier molecular flexibility index (Phi) is 4.19. The fraction of sp³-hybridized carbons (Fsp3) is 0.467. The summed E-state index contributed by atoms with van der Waals surface area (Å²) in [7, 11) is 0. The Balaban J connectivity index is 2.28. The predicted octanol–water partition coefficient (Wildman–Crippen LogP) is 4.13. The van der Waals surface area contributed by atoms with Crippen LogP contribution in [0.2, 0.25) is 0 Å². The van der Waals surface area contributed by atoms with Gasteiger partial charge in [-0.15, -0.1) is 0 Å². The van der Waals surface area contributed by atoms with Crippen molar-refractivity contribution in [2.45, 2.75) is 43.1 Å². The summed E-state index contributed by atoms with van der Waals surface area (Å²) in [6.07, 6.45) is -5.70. The van der Waals surface area contributed by atoms with Crippen molar-refractivity contribution in [1.29, 1.82) is 0 Å². The van der Waals surface area contributed by atoms with Gasteiger partial charge in [-0.2, -0.15) is 13.2 Å². The Morgan fingerprint density at radius 1 is 1.38 bits per heavy atom. The minimum atomic E-state index is -5.06. The topological polar surface area (TPSA) is 68.3 Å². The van der Waals surface area contributed by atoms with Gasteiger partial charge < -0.3 is 5.11 Å². The molecule has 0 saturated heterocycles. The summed E-state index contributed by atoms with van der Waals surface area (Å²) in [4.78, 5) is 10.9. The van der Waals surface area contributed by atoms with E-state index in [0.717, 1.165) is 10.6 Å². The summed E-state index contributed by atoms with van der Waals surface area (Å²) >= 11 is 5.74. The van der Waals surface area contributed by atoms with Crippen molar-refractivity contribution in [3.63, 3.8) is 0 Å². The molecule has 0 amide bonds. The van der Waals surface area contributed by atoms with Gasteiger partial charge in [-0.3, -0.25) is 14.7 Å². The van der Waals surface area contributed by atoms with E-state index in [1.807, 2.05) is 0 Å². The lowest BCUT2D eigenvalue weighted by atomic mass is 9.88. The van der Waals surface area contributed by atoms with Crippen LogP contribution < -0.4 is 0 Å². The molecule has 2 aliphatic carbocycles. The highest BCUT2D eigenvalue weighted by Crippen LogP contribution is 2.49. The van der Waals surface area contributed by atoms with E-state index in [4.69, 9.17) is 11.6 Å². The minimum Gasteiger partial charge on any atom is -0.382 e. The number of hydrogen-bond donors (Lipinski definition) is 1. The number of alkyl halides is 5. The maximum Gasteiger partial charge on any atom is 0.418 e. The van der Waals surface area contributed by atoms with Crippen molar-refractivity contribution in [2.24, 2.45) is 0 Å². The summed E-state index contributed by atoms with van der Waals surface area (Å²) in [5.41, 5.74) is -4.99. The van der Waals surface area contributed by atoms with Gasteiger partial charge in [0, 0.05) is 35.0 Å². The molecule has 2 unspecified atom stereocenters. The Labute approximate surface area is 148 Å². The van der Waals surface area contributed by atoms with E-state index in [1.165, 1.54) is 12.2 Å². The lowest BCUT2D eigenvalue weighted by Crippen LogP contribution is -2.42. The molecular weight excluding hydrogens is 387 g/mol. The van der Waals surface area contributed by atoms with Gasteiger partial charge >= 0.3 is 11.8 Å². The first-order valence-corrected chi connectivity index (χ1v) is 7.85. The molecular formula is C15H12ClF5N2O3. The normalized spacial score (nSPS) is 27.8. The summed E-state index contributed by atoms with van der Waals surface area (Å²) in [5.74, 6) is -3.76. The molecule has 2 atom stereocenters. The van der Waals surface area contributed by atoms with Crippen LogP contribution in [0.15, 0.2) is 29.5 Å². The summed E-state index contributed by atoms with van der Waals surface area (Å²) in [6.45, 7) is 0. The molecule has 142 valence electrons.